The van der Waals surface area contributed by atoms with Crippen LogP contribution in [0.15, 0.2) is 6.07 Å². The van der Waals surface area contributed by atoms with Gasteiger partial charge in [-0.25, -0.2) is 17.6 Å². The van der Waals surface area contributed by atoms with Crippen molar-refractivity contribution in [2.75, 3.05) is 6.54 Å². The standard InChI is InChI=1S/C12H10F4N2/c1-4-12-8(6(14)3-17-4)9-7(18-12)2-5(13)10(15)11(9)16/h2,4,6,17-18H,3H2,1H3/t4-,6-/m0/s1. The summed E-state index contributed by atoms with van der Waals surface area (Å²) < 4.78 is 54.0. The molecule has 2 atom stereocenters. The quantitative estimate of drug-likeness (QED) is 0.551. The molecular formula is C12H10F4N2. The van der Waals surface area contributed by atoms with Gasteiger partial charge in [-0.1, -0.05) is 0 Å². The van der Waals surface area contributed by atoms with E-state index in [0.717, 1.165) is 6.07 Å². The van der Waals surface area contributed by atoms with E-state index in [0.29, 0.717) is 5.69 Å². The van der Waals surface area contributed by atoms with Crippen LogP contribution in [0.4, 0.5) is 17.6 Å². The van der Waals surface area contributed by atoms with Crippen LogP contribution < -0.4 is 5.32 Å². The SMILES string of the molecule is C[C@@H]1NC[C@H](F)c2c1[nH]c1cc(F)c(F)c(F)c21. The smallest absolute Gasteiger partial charge is 0.195 e. The molecule has 0 bridgehead atoms. The third kappa shape index (κ3) is 1.38. The minimum atomic E-state index is -1.57. The van der Waals surface area contributed by atoms with E-state index in [2.05, 4.69) is 10.3 Å². The molecule has 0 spiro atoms. The van der Waals surface area contributed by atoms with Crippen LogP contribution in [0.3, 0.4) is 0 Å². The zero-order chi connectivity index (χ0) is 13.0. The van der Waals surface area contributed by atoms with Gasteiger partial charge in [-0.05, 0) is 6.92 Å². The Morgan fingerprint density at radius 1 is 1.22 bits per heavy atom. The molecule has 0 aliphatic carbocycles. The highest BCUT2D eigenvalue weighted by Gasteiger charge is 2.31. The number of hydrogen-bond donors (Lipinski definition) is 2. The van der Waals surface area contributed by atoms with Gasteiger partial charge in [0.15, 0.2) is 17.5 Å². The van der Waals surface area contributed by atoms with Gasteiger partial charge in [0.05, 0.1) is 5.52 Å². The van der Waals surface area contributed by atoms with E-state index in [1.165, 1.54) is 0 Å². The minimum absolute atomic E-state index is 0.0273. The highest BCUT2D eigenvalue weighted by molar-refractivity contribution is 5.86. The van der Waals surface area contributed by atoms with E-state index >= 15 is 0 Å². The Morgan fingerprint density at radius 2 is 1.94 bits per heavy atom. The lowest BCUT2D eigenvalue weighted by atomic mass is 9.98. The van der Waals surface area contributed by atoms with Crippen LogP contribution in [-0.2, 0) is 0 Å². The second-order valence-electron chi connectivity index (χ2n) is 4.46. The number of halogens is 4. The molecule has 0 amide bonds. The zero-order valence-corrected chi connectivity index (χ0v) is 9.45. The molecule has 0 unspecified atom stereocenters. The Kier molecular flexibility index (Phi) is 2.38. The summed E-state index contributed by atoms with van der Waals surface area (Å²) in [5.41, 5.74) is 0.606. The molecule has 2 aromatic rings. The average molecular weight is 258 g/mol. The first-order valence-electron chi connectivity index (χ1n) is 5.57. The van der Waals surface area contributed by atoms with Crippen LogP contribution in [0.1, 0.15) is 30.4 Å². The first kappa shape index (κ1) is 11.5. The molecule has 18 heavy (non-hydrogen) atoms. The van der Waals surface area contributed by atoms with E-state index in [1.54, 1.807) is 6.92 Å². The fraction of sp³-hybridized carbons (Fsp3) is 0.333. The van der Waals surface area contributed by atoms with E-state index in [9.17, 15) is 17.6 Å². The van der Waals surface area contributed by atoms with Gasteiger partial charge in [-0.15, -0.1) is 0 Å². The normalized spacial score (nSPS) is 23.4. The van der Waals surface area contributed by atoms with Gasteiger partial charge in [0, 0.05) is 35.3 Å². The third-order valence-electron chi connectivity index (χ3n) is 3.34. The zero-order valence-electron chi connectivity index (χ0n) is 9.45. The molecule has 2 nitrogen and oxygen atoms in total. The first-order chi connectivity index (χ1) is 8.50. The van der Waals surface area contributed by atoms with E-state index < -0.39 is 23.6 Å². The Balaban J connectivity index is 2.42. The van der Waals surface area contributed by atoms with Gasteiger partial charge < -0.3 is 10.3 Å². The maximum absolute atomic E-state index is 13.9. The predicted octanol–water partition coefficient (Wildman–Crippen LogP) is 3.26. The lowest BCUT2D eigenvalue weighted by Gasteiger charge is -2.23. The summed E-state index contributed by atoms with van der Waals surface area (Å²) in [6.45, 7) is 1.80. The largest absolute Gasteiger partial charge is 0.357 e. The Hall–Kier alpha value is -1.56. The number of alkyl halides is 1. The topological polar surface area (TPSA) is 27.8 Å². The van der Waals surface area contributed by atoms with Crippen molar-refractivity contribution in [2.24, 2.45) is 0 Å². The number of fused-ring (bicyclic) bond motifs is 3. The molecule has 0 saturated carbocycles. The van der Waals surface area contributed by atoms with Crippen molar-refractivity contribution in [1.82, 2.24) is 10.3 Å². The van der Waals surface area contributed by atoms with Gasteiger partial charge in [-0.3, -0.25) is 0 Å². The van der Waals surface area contributed by atoms with Gasteiger partial charge in [-0.2, -0.15) is 0 Å². The van der Waals surface area contributed by atoms with E-state index in [4.69, 9.17) is 0 Å². The molecule has 2 heterocycles. The summed E-state index contributed by atoms with van der Waals surface area (Å²) in [5.74, 6) is -4.18. The lowest BCUT2D eigenvalue weighted by molar-refractivity contribution is 0.294. The van der Waals surface area contributed by atoms with Crippen molar-refractivity contribution in [1.29, 1.82) is 0 Å². The van der Waals surface area contributed by atoms with Crippen LogP contribution >= 0.6 is 0 Å². The van der Waals surface area contributed by atoms with Crippen molar-refractivity contribution in [2.45, 2.75) is 19.1 Å². The van der Waals surface area contributed by atoms with Crippen LogP contribution in [-0.4, -0.2) is 11.5 Å². The summed E-state index contributed by atoms with van der Waals surface area (Å²) in [6, 6.07) is 0.635. The van der Waals surface area contributed by atoms with E-state index in [-0.39, 0.29) is 29.1 Å². The maximum Gasteiger partial charge on any atom is 0.195 e. The number of H-pyrrole nitrogens is 1. The van der Waals surface area contributed by atoms with Crippen LogP contribution in [0.25, 0.3) is 10.9 Å². The van der Waals surface area contributed by atoms with Crippen molar-refractivity contribution >= 4 is 10.9 Å². The van der Waals surface area contributed by atoms with Crippen LogP contribution in [0.5, 0.6) is 0 Å². The fourth-order valence-corrected chi connectivity index (χ4v) is 2.46. The molecule has 96 valence electrons. The highest BCUT2D eigenvalue weighted by atomic mass is 19.2. The van der Waals surface area contributed by atoms with Crippen molar-refractivity contribution in [3.63, 3.8) is 0 Å². The number of benzene rings is 1. The van der Waals surface area contributed by atoms with Crippen LogP contribution in [0.2, 0.25) is 0 Å². The number of aromatic amines is 1. The fourth-order valence-electron chi connectivity index (χ4n) is 2.46. The summed E-state index contributed by atoms with van der Waals surface area (Å²) in [4.78, 5) is 2.76. The molecule has 3 rings (SSSR count). The summed E-state index contributed by atoms with van der Waals surface area (Å²) in [7, 11) is 0. The second kappa shape index (κ2) is 3.71. The molecular weight excluding hydrogens is 248 g/mol. The molecule has 1 aliphatic rings. The second-order valence-corrected chi connectivity index (χ2v) is 4.46. The monoisotopic (exact) mass is 258 g/mol. The third-order valence-corrected chi connectivity index (χ3v) is 3.34. The van der Waals surface area contributed by atoms with Gasteiger partial charge in [0.2, 0.25) is 0 Å². The summed E-state index contributed by atoms with van der Waals surface area (Å²) in [6.07, 6.45) is -1.44. The molecule has 6 heteroatoms. The molecule has 1 aliphatic heterocycles. The van der Waals surface area contributed by atoms with Gasteiger partial charge in [0.25, 0.3) is 0 Å². The predicted molar refractivity (Wildman–Crippen MR) is 58.4 cm³/mol. The number of nitrogens with one attached hydrogen (secondary N) is 2. The molecule has 2 N–H and O–H groups in total. The molecule has 0 radical (unpaired) electrons. The summed E-state index contributed by atoms with van der Waals surface area (Å²) >= 11 is 0. The van der Waals surface area contributed by atoms with Crippen molar-refractivity contribution in [3.05, 3.63) is 34.8 Å². The van der Waals surface area contributed by atoms with E-state index in [1.807, 2.05) is 0 Å². The molecule has 1 aromatic heterocycles. The average Bonchev–Trinajstić information content (AvgIpc) is 2.71. The Morgan fingerprint density at radius 3 is 2.67 bits per heavy atom. The first-order valence-corrected chi connectivity index (χ1v) is 5.57. The number of aromatic nitrogens is 1. The highest BCUT2D eigenvalue weighted by Crippen LogP contribution is 2.38. The van der Waals surface area contributed by atoms with Crippen LogP contribution in [0, 0.1) is 17.5 Å². The summed E-state index contributed by atoms with van der Waals surface area (Å²) in [5, 5.41) is 2.69. The van der Waals surface area contributed by atoms with Gasteiger partial charge >= 0.3 is 0 Å². The van der Waals surface area contributed by atoms with Crippen molar-refractivity contribution < 1.29 is 17.6 Å². The lowest BCUT2D eigenvalue weighted by Crippen LogP contribution is -2.29. The van der Waals surface area contributed by atoms with Crippen molar-refractivity contribution in [3.8, 4) is 0 Å². The molecule has 0 saturated heterocycles. The maximum atomic E-state index is 13.9. The van der Waals surface area contributed by atoms with Gasteiger partial charge in [0.1, 0.15) is 6.17 Å². The molecule has 1 aromatic carbocycles. The Labute approximate surface area is 100.0 Å². The minimum Gasteiger partial charge on any atom is -0.357 e. The number of rotatable bonds is 0. The Bertz CT molecular complexity index is 635. The number of hydrogen-bond acceptors (Lipinski definition) is 1. The molecule has 0 fully saturated rings.